The van der Waals surface area contributed by atoms with Crippen LogP contribution in [0.15, 0.2) is 48.5 Å². The van der Waals surface area contributed by atoms with Crippen molar-refractivity contribution in [1.82, 2.24) is 10.2 Å². The molecule has 0 aliphatic carbocycles. The first kappa shape index (κ1) is 30.3. The van der Waals surface area contributed by atoms with Crippen LogP contribution in [0.5, 0.6) is 5.75 Å². The van der Waals surface area contributed by atoms with Gasteiger partial charge in [0.05, 0.1) is 7.11 Å². The summed E-state index contributed by atoms with van der Waals surface area (Å²) in [5, 5.41) is 5.17. The fraction of sp³-hybridized carbons (Fsp3) is 0.310. The van der Waals surface area contributed by atoms with Crippen LogP contribution in [0.4, 0.5) is 10.5 Å². The molecule has 204 valence electrons. The number of nitrogens with zero attached hydrogens (tertiary/aromatic N) is 1. The predicted molar refractivity (Wildman–Crippen MR) is 146 cm³/mol. The minimum Gasteiger partial charge on any atom is -0.497 e. The first-order chi connectivity index (χ1) is 18.4. The van der Waals surface area contributed by atoms with Crippen LogP contribution in [0, 0.1) is 24.8 Å². The van der Waals surface area contributed by atoms with Crippen LogP contribution in [0.2, 0.25) is 0 Å². The van der Waals surface area contributed by atoms with Crippen LogP contribution in [0.25, 0.3) is 0 Å². The van der Waals surface area contributed by atoms with E-state index in [1.54, 1.807) is 69.3 Å². The van der Waals surface area contributed by atoms with Crippen molar-refractivity contribution >= 4 is 29.5 Å². The van der Waals surface area contributed by atoms with Crippen LogP contribution in [0.1, 0.15) is 50.8 Å². The summed E-state index contributed by atoms with van der Waals surface area (Å²) < 4.78 is 10.4. The maximum absolute atomic E-state index is 13.8. The second-order valence-corrected chi connectivity index (χ2v) is 9.39. The molecule has 0 aliphatic heterocycles. The molecule has 0 saturated carbocycles. The average Bonchev–Trinajstić information content (AvgIpc) is 2.88. The van der Waals surface area contributed by atoms with E-state index in [2.05, 4.69) is 22.6 Å². The standard InChI is InChI=1S/C29H32N4O6/c1-7-19-11-9-10-12-22(19)25(26(35)31-20-13-15-21(38-6)16-14-20)33(8-2)27(36)23(17-18-24(30)34)32-28(37)39-29(3,4)5/h1-2,9-16,23,25H,17-18H2,3-6H3,(H2,30,34)(H,31,35)(H,32,37). The molecule has 0 bridgehead atoms. The molecule has 4 N–H and O–H groups in total. The quantitative estimate of drug-likeness (QED) is 0.318. The third-order valence-electron chi connectivity index (χ3n) is 5.32. The summed E-state index contributed by atoms with van der Waals surface area (Å²) in [5.74, 6) is 0.873. The number of carbonyl (C=O) groups is 4. The molecule has 39 heavy (non-hydrogen) atoms. The highest BCUT2D eigenvalue weighted by molar-refractivity contribution is 6.00. The van der Waals surface area contributed by atoms with Gasteiger partial charge in [-0.15, -0.1) is 6.42 Å². The lowest BCUT2D eigenvalue weighted by Crippen LogP contribution is -2.51. The molecule has 0 spiro atoms. The number of ether oxygens (including phenoxy) is 2. The van der Waals surface area contributed by atoms with Gasteiger partial charge in [0, 0.05) is 29.3 Å². The van der Waals surface area contributed by atoms with Gasteiger partial charge in [-0.05, 0) is 57.5 Å². The van der Waals surface area contributed by atoms with Gasteiger partial charge in [-0.1, -0.05) is 30.5 Å². The predicted octanol–water partition coefficient (Wildman–Crippen LogP) is 2.93. The van der Waals surface area contributed by atoms with Crippen molar-refractivity contribution in [1.29, 1.82) is 0 Å². The highest BCUT2D eigenvalue weighted by atomic mass is 16.6. The molecule has 2 aromatic rings. The SMILES string of the molecule is C#Cc1ccccc1C(C(=O)Nc1ccc(OC)cc1)N(C#C)C(=O)C(CCC(N)=O)NC(=O)OC(C)(C)C. The molecule has 10 heteroatoms. The minimum atomic E-state index is -1.40. The number of alkyl carbamates (subject to hydrolysis) is 1. The van der Waals surface area contributed by atoms with Gasteiger partial charge in [0.25, 0.3) is 11.8 Å². The third-order valence-corrected chi connectivity index (χ3v) is 5.32. The summed E-state index contributed by atoms with van der Waals surface area (Å²) in [7, 11) is 1.51. The van der Waals surface area contributed by atoms with Gasteiger partial charge < -0.3 is 25.8 Å². The van der Waals surface area contributed by atoms with E-state index in [0.29, 0.717) is 17.0 Å². The first-order valence-corrected chi connectivity index (χ1v) is 12.0. The van der Waals surface area contributed by atoms with E-state index >= 15 is 0 Å². The van der Waals surface area contributed by atoms with Crippen molar-refractivity contribution in [2.75, 3.05) is 12.4 Å². The topological polar surface area (TPSA) is 140 Å². The number of nitrogens with one attached hydrogen (secondary N) is 2. The van der Waals surface area contributed by atoms with Crippen LogP contribution in [-0.4, -0.2) is 47.5 Å². The molecule has 0 fully saturated rings. The molecule has 0 saturated heterocycles. The Morgan fingerprint density at radius 3 is 2.23 bits per heavy atom. The Hall–Kier alpha value is -4.96. The number of terminal acetylenes is 2. The van der Waals surface area contributed by atoms with Gasteiger partial charge in [-0.25, -0.2) is 4.79 Å². The largest absolute Gasteiger partial charge is 0.497 e. The van der Waals surface area contributed by atoms with Gasteiger partial charge in [0.1, 0.15) is 17.4 Å². The van der Waals surface area contributed by atoms with E-state index in [4.69, 9.17) is 28.1 Å². The molecule has 2 rings (SSSR count). The van der Waals surface area contributed by atoms with Crippen LogP contribution in [-0.2, 0) is 19.1 Å². The van der Waals surface area contributed by atoms with Crippen molar-refractivity contribution in [3.8, 4) is 30.6 Å². The van der Waals surface area contributed by atoms with Crippen molar-refractivity contribution in [3.63, 3.8) is 0 Å². The normalized spacial score (nSPS) is 12.1. The number of amides is 4. The molecule has 2 aromatic carbocycles. The molecule has 0 aromatic heterocycles. The number of methoxy groups -OCH3 is 1. The number of rotatable bonds is 10. The van der Waals surface area contributed by atoms with Crippen LogP contribution >= 0.6 is 0 Å². The number of carbonyl (C=O) groups excluding carboxylic acids is 4. The molecule has 0 radical (unpaired) electrons. The van der Waals surface area contributed by atoms with Gasteiger partial charge in [0.2, 0.25) is 5.91 Å². The molecular weight excluding hydrogens is 500 g/mol. The maximum Gasteiger partial charge on any atom is 0.408 e. The van der Waals surface area contributed by atoms with Crippen molar-refractivity contribution < 1.29 is 28.7 Å². The van der Waals surface area contributed by atoms with Gasteiger partial charge in [-0.2, -0.15) is 0 Å². The van der Waals surface area contributed by atoms with Crippen LogP contribution < -0.4 is 21.1 Å². The molecular formula is C29H32N4O6. The Bertz CT molecular complexity index is 1280. The van der Waals surface area contributed by atoms with Gasteiger partial charge >= 0.3 is 6.09 Å². The zero-order chi connectivity index (χ0) is 29.2. The Labute approximate surface area is 228 Å². The van der Waals surface area contributed by atoms with Crippen molar-refractivity contribution in [2.24, 2.45) is 5.73 Å². The second-order valence-electron chi connectivity index (χ2n) is 9.39. The highest BCUT2D eigenvalue weighted by Gasteiger charge is 2.37. The first-order valence-electron chi connectivity index (χ1n) is 12.0. The number of nitrogens with two attached hydrogens (primary N) is 1. The number of primary amides is 1. The van der Waals surface area contributed by atoms with Gasteiger partial charge in [0.15, 0.2) is 6.04 Å². The number of hydrogen-bond acceptors (Lipinski definition) is 6. The Balaban J connectivity index is 2.51. The van der Waals surface area contributed by atoms with E-state index in [-0.39, 0.29) is 18.4 Å². The van der Waals surface area contributed by atoms with E-state index < -0.39 is 41.5 Å². The minimum absolute atomic E-state index is 0.185. The number of hydrogen-bond donors (Lipinski definition) is 3. The maximum atomic E-state index is 13.8. The van der Waals surface area contributed by atoms with Crippen LogP contribution in [0.3, 0.4) is 0 Å². The average molecular weight is 533 g/mol. The molecule has 2 unspecified atom stereocenters. The molecule has 4 amide bonds. The summed E-state index contributed by atoms with van der Waals surface area (Å²) in [5.41, 5.74) is 5.44. The zero-order valence-corrected chi connectivity index (χ0v) is 22.3. The molecule has 0 aliphatic rings. The Morgan fingerprint density at radius 1 is 1.05 bits per heavy atom. The summed E-state index contributed by atoms with van der Waals surface area (Å²) in [6.45, 7) is 4.95. The molecule has 2 atom stereocenters. The lowest BCUT2D eigenvalue weighted by atomic mass is 9.97. The van der Waals surface area contributed by atoms with Crippen molar-refractivity contribution in [2.45, 2.75) is 51.3 Å². The monoisotopic (exact) mass is 532 g/mol. The number of benzene rings is 2. The summed E-state index contributed by atoms with van der Waals surface area (Å²) >= 11 is 0. The summed E-state index contributed by atoms with van der Waals surface area (Å²) in [4.78, 5) is 52.2. The lowest BCUT2D eigenvalue weighted by molar-refractivity contribution is -0.137. The van der Waals surface area contributed by atoms with E-state index in [0.717, 1.165) is 4.90 Å². The molecule has 0 heterocycles. The fourth-order valence-electron chi connectivity index (χ4n) is 3.58. The Morgan fingerprint density at radius 2 is 1.69 bits per heavy atom. The zero-order valence-electron chi connectivity index (χ0n) is 22.3. The fourth-order valence-corrected chi connectivity index (χ4v) is 3.58. The lowest BCUT2D eigenvalue weighted by Gasteiger charge is -2.30. The van der Waals surface area contributed by atoms with Gasteiger partial charge in [-0.3, -0.25) is 19.3 Å². The number of anilines is 1. The van der Waals surface area contributed by atoms with Crippen molar-refractivity contribution in [3.05, 3.63) is 59.7 Å². The van der Waals surface area contributed by atoms with E-state index in [1.807, 2.05) is 0 Å². The third kappa shape index (κ3) is 8.83. The summed E-state index contributed by atoms with van der Waals surface area (Å²) in [6.07, 6.45) is 10.1. The van der Waals surface area contributed by atoms with E-state index in [1.165, 1.54) is 7.11 Å². The molecule has 10 nitrogen and oxygen atoms in total. The second kappa shape index (κ2) is 13.5. The summed E-state index contributed by atoms with van der Waals surface area (Å²) in [6, 6.07) is 12.5. The Kier molecular flexibility index (Phi) is 10.5. The highest BCUT2D eigenvalue weighted by Crippen LogP contribution is 2.27. The van der Waals surface area contributed by atoms with E-state index in [9.17, 15) is 19.2 Å². The smallest absolute Gasteiger partial charge is 0.408 e.